The molecule has 6 nitrogen and oxygen atoms in total. The van der Waals surface area contributed by atoms with E-state index in [2.05, 4.69) is 11.4 Å². The third kappa shape index (κ3) is 6.18. The van der Waals surface area contributed by atoms with Gasteiger partial charge in [-0.15, -0.1) is 0 Å². The van der Waals surface area contributed by atoms with E-state index in [1.54, 1.807) is 11.8 Å². The molecule has 0 aromatic rings. The smallest absolute Gasteiger partial charge is 0.228 e. The molecule has 1 aliphatic heterocycles. The molecule has 0 saturated carbocycles. The molecule has 1 fully saturated rings. The minimum absolute atomic E-state index is 0.0364. The van der Waals surface area contributed by atoms with Gasteiger partial charge in [0, 0.05) is 30.7 Å². The van der Waals surface area contributed by atoms with E-state index in [4.69, 9.17) is 12.2 Å². The quantitative estimate of drug-likeness (QED) is 0.488. The Labute approximate surface area is 191 Å². The lowest BCUT2D eigenvalue weighted by Gasteiger charge is -2.46. The second-order valence-electron chi connectivity index (χ2n) is 9.80. The Morgan fingerprint density at radius 2 is 1.90 bits per heavy atom. The standard InChI is InChI=1S/C22H37N3O3S2/c1-15(2)22(7,18(28)24-12-16(3)26)13-20(4,5)21(6,14-23)9-8-17(27)25-10-11-30-19(25)29/h15-16,26H,8-13H2,1-7H3,(H,24,28)/t16?,21?,22-/m1/s1. The van der Waals surface area contributed by atoms with E-state index < -0.39 is 22.3 Å². The van der Waals surface area contributed by atoms with Crippen molar-refractivity contribution < 1.29 is 14.7 Å². The summed E-state index contributed by atoms with van der Waals surface area (Å²) in [5.41, 5.74) is -2.03. The fourth-order valence-corrected chi connectivity index (χ4v) is 5.00. The number of aliphatic hydroxyl groups is 1. The lowest BCUT2D eigenvalue weighted by Crippen LogP contribution is -2.49. The number of aliphatic hydroxyl groups excluding tert-OH is 1. The monoisotopic (exact) mass is 455 g/mol. The van der Waals surface area contributed by atoms with Gasteiger partial charge in [-0.1, -0.05) is 58.6 Å². The predicted molar refractivity (Wildman–Crippen MR) is 126 cm³/mol. The summed E-state index contributed by atoms with van der Waals surface area (Å²) in [6.07, 6.45) is 0.520. The number of carbonyl (C=O) groups is 2. The highest BCUT2D eigenvalue weighted by Crippen LogP contribution is 2.51. The maximum Gasteiger partial charge on any atom is 0.228 e. The number of carbonyl (C=O) groups excluding carboxylic acids is 2. The van der Waals surface area contributed by atoms with Crippen molar-refractivity contribution in [2.24, 2.45) is 22.2 Å². The summed E-state index contributed by atoms with van der Waals surface area (Å²) in [7, 11) is 0. The first-order valence-electron chi connectivity index (χ1n) is 10.5. The van der Waals surface area contributed by atoms with Crippen LogP contribution in [-0.4, -0.2) is 51.1 Å². The number of nitriles is 1. The van der Waals surface area contributed by atoms with E-state index in [0.717, 1.165) is 5.75 Å². The second kappa shape index (κ2) is 10.4. The van der Waals surface area contributed by atoms with Crippen molar-refractivity contribution in [3.8, 4) is 6.07 Å². The maximum absolute atomic E-state index is 13.0. The Hall–Kier alpha value is -1.17. The molecule has 1 aliphatic rings. The van der Waals surface area contributed by atoms with Crippen LogP contribution in [0.2, 0.25) is 0 Å². The van der Waals surface area contributed by atoms with Crippen LogP contribution in [0.25, 0.3) is 0 Å². The van der Waals surface area contributed by atoms with Crippen LogP contribution in [0.15, 0.2) is 0 Å². The summed E-state index contributed by atoms with van der Waals surface area (Å²) in [5, 5.41) is 22.4. The molecule has 0 aliphatic carbocycles. The molecule has 2 N–H and O–H groups in total. The van der Waals surface area contributed by atoms with Crippen molar-refractivity contribution in [3.05, 3.63) is 0 Å². The molecule has 0 spiro atoms. The maximum atomic E-state index is 13.0. The van der Waals surface area contributed by atoms with E-state index in [-0.39, 0.29) is 30.7 Å². The number of thiocarbonyl (C=S) groups is 1. The molecule has 30 heavy (non-hydrogen) atoms. The van der Waals surface area contributed by atoms with Crippen LogP contribution in [0.3, 0.4) is 0 Å². The fourth-order valence-electron chi connectivity index (χ4n) is 3.76. The predicted octanol–water partition coefficient (Wildman–Crippen LogP) is 3.73. The minimum Gasteiger partial charge on any atom is -0.392 e. The van der Waals surface area contributed by atoms with Gasteiger partial charge in [0.1, 0.15) is 4.32 Å². The number of thioether (sulfide) groups is 1. The molecular formula is C22H37N3O3S2. The van der Waals surface area contributed by atoms with E-state index in [1.165, 1.54) is 11.8 Å². The first kappa shape index (κ1) is 26.9. The lowest BCUT2D eigenvalue weighted by atomic mass is 9.57. The van der Waals surface area contributed by atoms with Crippen molar-refractivity contribution in [3.63, 3.8) is 0 Å². The SMILES string of the molecule is CC(O)CNC(=O)[C@](C)(CC(C)(C)C(C)(C#N)CCC(=O)N1CCSC1=S)C(C)C. The summed E-state index contributed by atoms with van der Waals surface area (Å²) < 4.78 is 0.611. The summed E-state index contributed by atoms with van der Waals surface area (Å²) in [5.74, 6) is 0.695. The van der Waals surface area contributed by atoms with Crippen molar-refractivity contribution in [2.75, 3.05) is 18.8 Å². The van der Waals surface area contributed by atoms with Crippen molar-refractivity contribution in [1.82, 2.24) is 10.2 Å². The Bertz CT molecular complexity index is 702. The van der Waals surface area contributed by atoms with Gasteiger partial charge in [0.25, 0.3) is 0 Å². The molecule has 1 heterocycles. The number of amides is 2. The third-order valence-corrected chi connectivity index (χ3v) is 8.23. The van der Waals surface area contributed by atoms with Crippen LogP contribution < -0.4 is 5.32 Å². The molecule has 2 unspecified atom stereocenters. The number of hydrogen-bond acceptors (Lipinski definition) is 6. The molecule has 0 radical (unpaired) electrons. The van der Waals surface area contributed by atoms with Crippen LogP contribution in [-0.2, 0) is 9.59 Å². The summed E-state index contributed by atoms with van der Waals surface area (Å²) in [6.45, 7) is 14.2. The average Bonchev–Trinajstić information content (AvgIpc) is 3.08. The van der Waals surface area contributed by atoms with Crippen molar-refractivity contribution >= 4 is 40.1 Å². The molecule has 170 valence electrons. The number of nitrogens with zero attached hydrogens (tertiary/aromatic N) is 2. The average molecular weight is 456 g/mol. The molecule has 1 saturated heterocycles. The summed E-state index contributed by atoms with van der Waals surface area (Å²) in [4.78, 5) is 27.3. The highest BCUT2D eigenvalue weighted by Gasteiger charge is 2.49. The van der Waals surface area contributed by atoms with Gasteiger partial charge in [-0.3, -0.25) is 14.5 Å². The Morgan fingerprint density at radius 3 is 2.33 bits per heavy atom. The highest BCUT2D eigenvalue weighted by atomic mass is 32.2. The molecule has 0 aromatic carbocycles. The molecular weight excluding hydrogens is 418 g/mol. The van der Waals surface area contributed by atoms with Crippen LogP contribution in [0, 0.1) is 33.5 Å². The zero-order chi connectivity index (χ0) is 23.3. The van der Waals surface area contributed by atoms with Gasteiger partial charge >= 0.3 is 0 Å². The molecule has 1 rings (SSSR count). The van der Waals surface area contributed by atoms with Crippen LogP contribution >= 0.6 is 24.0 Å². The van der Waals surface area contributed by atoms with Crippen LogP contribution in [0.5, 0.6) is 0 Å². The van der Waals surface area contributed by atoms with E-state index in [9.17, 15) is 20.0 Å². The first-order valence-corrected chi connectivity index (χ1v) is 11.9. The molecule has 0 bridgehead atoms. The van der Waals surface area contributed by atoms with E-state index in [1.807, 2.05) is 41.5 Å². The van der Waals surface area contributed by atoms with Crippen LogP contribution in [0.1, 0.15) is 67.7 Å². The van der Waals surface area contributed by atoms with Crippen molar-refractivity contribution in [1.29, 1.82) is 5.26 Å². The zero-order valence-electron chi connectivity index (χ0n) is 19.4. The Balaban J connectivity index is 2.99. The van der Waals surface area contributed by atoms with E-state index in [0.29, 0.717) is 23.7 Å². The van der Waals surface area contributed by atoms with Gasteiger partial charge < -0.3 is 10.4 Å². The second-order valence-corrected chi connectivity index (χ2v) is 11.5. The molecule has 2 amide bonds. The number of rotatable bonds is 10. The minimum atomic E-state index is -0.794. The third-order valence-electron chi connectivity index (χ3n) is 6.80. The Kier molecular flexibility index (Phi) is 9.34. The molecule has 3 atom stereocenters. The van der Waals surface area contributed by atoms with Gasteiger partial charge in [-0.2, -0.15) is 5.26 Å². The topological polar surface area (TPSA) is 93.4 Å². The van der Waals surface area contributed by atoms with Crippen molar-refractivity contribution in [2.45, 2.75) is 73.8 Å². The normalized spacial score (nSPS) is 19.7. The highest BCUT2D eigenvalue weighted by molar-refractivity contribution is 8.23. The largest absolute Gasteiger partial charge is 0.392 e. The Morgan fingerprint density at radius 1 is 1.30 bits per heavy atom. The molecule has 0 aromatic heterocycles. The van der Waals surface area contributed by atoms with Crippen LogP contribution in [0.4, 0.5) is 0 Å². The number of nitrogens with one attached hydrogen (secondary N) is 1. The summed E-state index contributed by atoms with van der Waals surface area (Å²) >= 11 is 6.75. The van der Waals surface area contributed by atoms with E-state index >= 15 is 0 Å². The zero-order valence-corrected chi connectivity index (χ0v) is 21.0. The summed E-state index contributed by atoms with van der Waals surface area (Å²) in [6, 6.07) is 2.45. The molecule has 8 heteroatoms. The van der Waals surface area contributed by atoms with Gasteiger partial charge in [-0.25, -0.2) is 0 Å². The van der Waals surface area contributed by atoms with Gasteiger partial charge in [-0.05, 0) is 38.0 Å². The van der Waals surface area contributed by atoms with Gasteiger partial charge in [0.15, 0.2) is 0 Å². The fraction of sp³-hybridized carbons (Fsp3) is 0.818. The van der Waals surface area contributed by atoms with Gasteiger partial charge in [0.05, 0.1) is 17.6 Å². The van der Waals surface area contributed by atoms with Gasteiger partial charge in [0.2, 0.25) is 11.8 Å². The lowest BCUT2D eigenvalue weighted by molar-refractivity contribution is -0.137. The number of hydrogen-bond donors (Lipinski definition) is 2. The first-order chi connectivity index (χ1) is 13.7.